The zero-order valence-electron chi connectivity index (χ0n) is 17.6. The predicted octanol–water partition coefficient (Wildman–Crippen LogP) is 5.32. The molecule has 1 heterocycles. The highest BCUT2D eigenvalue weighted by atomic mass is 19.1. The number of nitrogens with zero attached hydrogens (tertiary/aromatic N) is 2. The Bertz CT molecular complexity index is 1220. The molecule has 4 nitrogen and oxygen atoms in total. The van der Waals surface area contributed by atoms with E-state index in [1.165, 1.54) is 18.2 Å². The molecule has 5 rings (SSSR count). The van der Waals surface area contributed by atoms with E-state index in [0.717, 1.165) is 23.8 Å². The Hall–Kier alpha value is -3.41. The van der Waals surface area contributed by atoms with E-state index in [1.807, 2.05) is 37.3 Å². The van der Waals surface area contributed by atoms with Gasteiger partial charge in [-0.1, -0.05) is 43.3 Å². The predicted molar refractivity (Wildman–Crippen MR) is 116 cm³/mol. The second-order valence-corrected chi connectivity index (χ2v) is 8.63. The lowest BCUT2D eigenvalue weighted by Gasteiger charge is -2.50. The number of Topliss-reactive ketones (excluding diaryl/α,β-unsaturated/α-hetero) is 1. The van der Waals surface area contributed by atoms with Crippen molar-refractivity contribution in [1.29, 1.82) is 0 Å². The molecule has 2 aromatic carbocycles. The van der Waals surface area contributed by atoms with Crippen LogP contribution in [0.1, 0.15) is 36.6 Å². The summed E-state index contributed by atoms with van der Waals surface area (Å²) in [7, 11) is 0. The van der Waals surface area contributed by atoms with E-state index in [9.17, 15) is 18.7 Å². The second-order valence-electron chi connectivity index (χ2n) is 8.63. The Morgan fingerprint density at radius 1 is 1.09 bits per heavy atom. The van der Waals surface area contributed by atoms with Gasteiger partial charge in [-0.3, -0.25) is 4.79 Å². The van der Waals surface area contributed by atoms with Gasteiger partial charge in [-0.15, -0.1) is 0 Å². The highest BCUT2D eigenvalue weighted by Crippen LogP contribution is 2.55. The fourth-order valence-corrected chi connectivity index (χ4v) is 5.59. The van der Waals surface area contributed by atoms with Crippen molar-refractivity contribution in [2.24, 2.45) is 11.8 Å². The molecular formula is C26H22F2N2O2. The van der Waals surface area contributed by atoms with Gasteiger partial charge >= 0.3 is 0 Å². The van der Waals surface area contributed by atoms with Crippen LogP contribution in [0.5, 0.6) is 0 Å². The third-order valence-corrected chi connectivity index (χ3v) is 7.08. The number of fused-ring (bicyclic) bond motifs is 3. The summed E-state index contributed by atoms with van der Waals surface area (Å²) in [6, 6.07) is 13.4. The van der Waals surface area contributed by atoms with Gasteiger partial charge in [-0.2, -0.15) is 0 Å². The van der Waals surface area contributed by atoms with E-state index in [1.54, 1.807) is 6.20 Å². The van der Waals surface area contributed by atoms with Crippen LogP contribution in [-0.4, -0.2) is 20.9 Å². The van der Waals surface area contributed by atoms with Gasteiger partial charge in [0.25, 0.3) is 0 Å². The number of halogens is 2. The van der Waals surface area contributed by atoms with Crippen molar-refractivity contribution in [2.45, 2.75) is 31.6 Å². The van der Waals surface area contributed by atoms with Crippen molar-refractivity contribution in [3.63, 3.8) is 0 Å². The first kappa shape index (κ1) is 20.5. The first-order valence-corrected chi connectivity index (χ1v) is 10.7. The molecule has 0 radical (unpaired) electrons. The van der Waals surface area contributed by atoms with E-state index in [2.05, 4.69) is 4.98 Å². The average molecular weight is 432 g/mol. The van der Waals surface area contributed by atoms with Gasteiger partial charge in [0, 0.05) is 23.1 Å². The molecule has 2 aliphatic rings. The fourth-order valence-electron chi connectivity index (χ4n) is 5.59. The maximum Gasteiger partial charge on any atom is 0.165 e. The first-order valence-electron chi connectivity index (χ1n) is 10.7. The van der Waals surface area contributed by atoms with Gasteiger partial charge in [-0.05, 0) is 48.4 Å². The van der Waals surface area contributed by atoms with Crippen LogP contribution in [0, 0.1) is 23.5 Å². The number of carbonyl (C=O) groups is 1. The number of hydrogen-bond donors (Lipinski definition) is 1. The molecule has 162 valence electrons. The number of carbonyl (C=O) groups excluding carboxylic acids is 1. The quantitative estimate of drug-likeness (QED) is 0.440. The lowest BCUT2D eigenvalue weighted by molar-refractivity contribution is -0.123. The molecule has 6 heteroatoms. The average Bonchev–Trinajstić information content (AvgIpc) is 2.81. The maximum atomic E-state index is 14.5. The third-order valence-electron chi connectivity index (χ3n) is 7.08. The maximum absolute atomic E-state index is 14.5. The minimum absolute atomic E-state index is 0.0191. The Labute approximate surface area is 184 Å². The lowest BCUT2D eigenvalue weighted by Crippen LogP contribution is -2.51. The van der Waals surface area contributed by atoms with Gasteiger partial charge in [0.05, 0.1) is 17.5 Å². The van der Waals surface area contributed by atoms with Crippen LogP contribution in [0.2, 0.25) is 0 Å². The standard InChI is InChI=1S/C26H22F2N2O2/c1-15-19-11-10-16-13-29-25(22-20(27)8-5-9-21(22)28)30-24(16)26(19,12-17(14-31)23(15)32)18-6-3-2-4-7-18/h2-9,13-15,19,31H,10-12H2,1H3/b17-14-/t15-,19-,26+/m0/s1. The molecule has 0 aliphatic heterocycles. The molecule has 0 unspecified atom stereocenters. The number of aliphatic hydroxyl groups is 1. The van der Waals surface area contributed by atoms with Crippen molar-refractivity contribution >= 4 is 5.78 Å². The van der Waals surface area contributed by atoms with Crippen molar-refractivity contribution in [1.82, 2.24) is 9.97 Å². The summed E-state index contributed by atoms with van der Waals surface area (Å²) in [6.45, 7) is 1.89. The topological polar surface area (TPSA) is 63.1 Å². The van der Waals surface area contributed by atoms with Crippen LogP contribution >= 0.6 is 0 Å². The Morgan fingerprint density at radius 3 is 2.50 bits per heavy atom. The zero-order chi connectivity index (χ0) is 22.5. The Kier molecular flexibility index (Phi) is 4.88. The first-order chi connectivity index (χ1) is 15.5. The smallest absolute Gasteiger partial charge is 0.165 e. The highest BCUT2D eigenvalue weighted by molar-refractivity contribution is 5.98. The number of aliphatic hydroxyl groups excluding tert-OH is 1. The van der Waals surface area contributed by atoms with E-state index in [-0.39, 0.29) is 35.4 Å². The zero-order valence-corrected chi connectivity index (χ0v) is 17.6. The molecule has 1 fully saturated rings. The molecular weight excluding hydrogens is 410 g/mol. The minimum atomic E-state index is -0.728. The second kappa shape index (κ2) is 7.62. The van der Waals surface area contributed by atoms with Gasteiger partial charge < -0.3 is 5.11 Å². The van der Waals surface area contributed by atoms with E-state index < -0.39 is 17.0 Å². The number of aromatic nitrogens is 2. The largest absolute Gasteiger partial charge is 0.515 e. The number of allylic oxidation sites excluding steroid dienone is 1. The summed E-state index contributed by atoms with van der Waals surface area (Å²) in [5, 5.41) is 9.87. The summed E-state index contributed by atoms with van der Waals surface area (Å²) < 4.78 is 29.1. The number of hydrogen-bond acceptors (Lipinski definition) is 4. The third kappa shape index (κ3) is 2.89. The van der Waals surface area contributed by atoms with Crippen molar-refractivity contribution in [3.8, 4) is 11.4 Å². The van der Waals surface area contributed by atoms with Gasteiger partial charge in [0.15, 0.2) is 11.6 Å². The van der Waals surface area contributed by atoms with E-state index in [4.69, 9.17) is 4.98 Å². The van der Waals surface area contributed by atoms with Crippen molar-refractivity contribution in [3.05, 3.63) is 95.0 Å². The monoisotopic (exact) mass is 432 g/mol. The number of rotatable bonds is 2. The molecule has 0 amide bonds. The van der Waals surface area contributed by atoms with Crippen LogP contribution in [0.25, 0.3) is 11.4 Å². The molecule has 1 N–H and O–H groups in total. The number of ketones is 1. The number of aryl methyl sites for hydroxylation is 1. The summed E-state index contributed by atoms with van der Waals surface area (Å²) in [6.07, 6.45) is 4.24. The Morgan fingerprint density at radius 2 is 1.81 bits per heavy atom. The number of benzene rings is 2. The lowest BCUT2D eigenvalue weighted by atomic mass is 9.52. The molecule has 1 saturated carbocycles. The molecule has 3 aromatic rings. The van der Waals surface area contributed by atoms with Crippen LogP contribution < -0.4 is 0 Å². The molecule has 32 heavy (non-hydrogen) atoms. The van der Waals surface area contributed by atoms with Crippen LogP contribution in [0.4, 0.5) is 8.78 Å². The molecule has 3 atom stereocenters. The van der Waals surface area contributed by atoms with E-state index in [0.29, 0.717) is 17.7 Å². The molecule has 0 spiro atoms. The summed E-state index contributed by atoms with van der Waals surface area (Å²) in [5.74, 6) is -1.94. The molecule has 2 aliphatic carbocycles. The SMILES string of the molecule is C[C@@H]1C(=O)/C(=C\O)C[C@]2(c3ccccc3)c3nc(-c4c(F)cccc4F)ncc3CC[C@@H]12. The molecule has 1 aromatic heterocycles. The van der Waals surface area contributed by atoms with Gasteiger partial charge in [0.2, 0.25) is 0 Å². The summed E-state index contributed by atoms with van der Waals surface area (Å²) in [4.78, 5) is 22.0. The van der Waals surface area contributed by atoms with Crippen LogP contribution in [-0.2, 0) is 16.6 Å². The van der Waals surface area contributed by atoms with E-state index >= 15 is 0 Å². The highest BCUT2D eigenvalue weighted by Gasteiger charge is 2.54. The minimum Gasteiger partial charge on any atom is -0.515 e. The van der Waals surface area contributed by atoms with Crippen molar-refractivity contribution in [2.75, 3.05) is 0 Å². The summed E-state index contributed by atoms with van der Waals surface area (Å²) in [5.41, 5.74) is 1.89. The van der Waals surface area contributed by atoms with Crippen molar-refractivity contribution < 1.29 is 18.7 Å². The Balaban J connectivity index is 1.80. The molecule has 0 bridgehead atoms. The fraction of sp³-hybridized carbons (Fsp3) is 0.269. The van der Waals surface area contributed by atoms with Crippen LogP contribution in [0.15, 0.2) is 66.6 Å². The van der Waals surface area contributed by atoms with Crippen LogP contribution in [0.3, 0.4) is 0 Å². The summed E-state index contributed by atoms with van der Waals surface area (Å²) >= 11 is 0. The van der Waals surface area contributed by atoms with Gasteiger partial charge in [-0.25, -0.2) is 18.7 Å². The normalized spacial score (nSPS) is 26.0. The molecule has 0 saturated heterocycles. The van der Waals surface area contributed by atoms with Gasteiger partial charge in [0.1, 0.15) is 11.6 Å².